The van der Waals surface area contributed by atoms with E-state index in [1.165, 1.54) is 18.4 Å². The number of benzene rings is 1. The summed E-state index contributed by atoms with van der Waals surface area (Å²) in [7, 11) is 2.15. The first kappa shape index (κ1) is 23.2. The number of aliphatic imine (C=N–C) groups is 1. The second-order valence-corrected chi connectivity index (χ2v) is 6.78. The van der Waals surface area contributed by atoms with E-state index in [0.29, 0.717) is 0 Å². The van der Waals surface area contributed by atoms with Gasteiger partial charge in [-0.15, -0.1) is 24.0 Å². The van der Waals surface area contributed by atoms with Crippen molar-refractivity contribution >= 4 is 29.9 Å². The van der Waals surface area contributed by atoms with Crippen LogP contribution in [0, 0.1) is 5.92 Å². The van der Waals surface area contributed by atoms with E-state index in [9.17, 15) is 0 Å². The molecule has 2 rings (SSSR count). The maximum Gasteiger partial charge on any atom is 0.191 e. The zero-order chi connectivity index (χ0) is 17.7. The lowest BCUT2D eigenvalue weighted by Crippen LogP contribution is -2.41. The third-order valence-electron chi connectivity index (χ3n) is 4.19. The summed E-state index contributed by atoms with van der Waals surface area (Å²) in [6.07, 6.45) is 3.69. The number of likely N-dealkylation sites (N-methyl/N-ethyl adjacent to an activating group) is 1. The van der Waals surface area contributed by atoms with Gasteiger partial charge in [-0.1, -0.05) is 30.3 Å². The van der Waals surface area contributed by atoms with E-state index in [1.807, 2.05) is 0 Å². The average molecular weight is 474 g/mol. The zero-order valence-electron chi connectivity index (χ0n) is 16.2. The quantitative estimate of drug-likeness (QED) is 0.212. The van der Waals surface area contributed by atoms with Crippen molar-refractivity contribution in [1.82, 2.24) is 15.5 Å². The SMILES string of the molecule is CCNC(=NCCCOCC1CC1)NCCN(C)Cc1ccccc1.I. The highest BCUT2D eigenvalue weighted by molar-refractivity contribution is 14.0. The molecule has 0 atom stereocenters. The highest BCUT2D eigenvalue weighted by Crippen LogP contribution is 2.28. The number of rotatable bonds is 12. The summed E-state index contributed by atoms with van der Waals surface area (Å²) in [5, 5.41) is 6.72. The molecule has 0 unspecified atom stereocenters. The van der Waals surface area contributed by atoms with Crippen LogP contribution in [0.5, 0.6) is 0 Å². The summed E-state index contributed by atoms with van der Waals surface area (Å²) in [4.78, 5) is 6.94. The fourth-order valence-corrected chi connectivity index (χ4v) is 2.57. The minimum atomic E-state index is 0. The molecule has 1 saturated carbocycles. The Morgan fingerprint density at radius 1 is 1.23 bits per heavy atom. The van der Waals surface area contributed by atoms with Crippen molar-refractivity contribution in [2.45, 2.75) is 32.7 Å². The minimum Gasteiger partial charge on any atom is -0.381 e. The van der Waals surface area contributed by atoms with Gasteiger partial charge in [-0.25, -0.2) is 0 Å². The van der Waals surface area contributed by atoms with Gasteiger partial charge in [0, 0.05) is 45.9 Å². The molecule has 2 N–H and O–H groups in total. The largest absolute Gasteiger partial charge is 0.381 e. The van der Waals surface area contributed by atoms with Crippen LogP contribution in [0.2, 0.25) is 0 Å². The third-order valence-corrected chi connectivity index (χ3v) is 4.19. The van der Waals surface area contributed by atoms with Gasteiger partial charge >= 0.3 is 0 Å². The summed E-state index contributed by atoms with van der Waals surface area (Å²) in [6.45, 7) is 8.36. The Hall–Kier alpha value is -0.860. The van der Waals surface area contributed by atoms with Crippen molar-refractivity contribution in [3.63, 3.8) is 0 Å². The Morgan fingerprint density at radius 2 is 2.00 bits per heavy atom. The lowest BCUT2D eigenvalue weighted by atomic mass is 10.2. The van der Waals surface area contributed by atoms with Gasteiger partial charge in [0.05, 0.1) is 0 Å². The van der Waals surface area contributed by atoms with E-state index in [2.05, 4.69) is 64.8 Å². The standard InChI is InChI=1S/C20H34N4O.HI/c1-3-21-20(22-12-7-15-25-17-19-10-11-19)23-13-14-24(2)16-18-8-5-4-6-9-18;/h4-6,8-9,19H,3,7,10-17H2,1-2H3,(H2,21,22,23);1H. The topological polar surface area (TPSA) is 48.9 Å². The fraction of sp³-hybridized carbons (Fsp3) is 0.650. The second kappa shape index (κ2) is 14.2. The second-order valence-electron chi connectivity index (χ2n) is 6.78. The summed E-state index contributed by atoms with van der Waals surface area (Å²) >= 11 is 0. The molecule has 0 bridgehead atoms. The Balaban J connectivity index is 0.00000338. The molecule has 26 heavy (non-hydrogen) atoms. The number of halogens is 1. The van der Waals surface area contributed by atoms with Crippen molar-refractivity contribution in [2.75, 3.05) is 46.4 Å². The molecule has 6 heteroatoms. The van der Waals surface area contributed by atoms with Crippen molar-refractivity contribution in [3.8, 4) is 0 Å². The molecule has 0 amide bonds. The van der Waals surface area contributed by atoms with E-state index in [1.54, 1.807) is 0 Å². The highest BCUT2D eigenvalue weighted by atomic mass is 127. The molecule has 0 heterocycles. The normalized spacial score (nSPS) is 14.2. The predicted molar refractivity (Wildman–Crippen MR) is 120 cm³/mol. The van der Waals surface area contributed by atoms with Gasteiger partial charge in [-0.3, -0.25) is 4.99 Å². The van der Waals surface area contributed by atoms with Crippen LogP contribution in [0.25, 0.3) is 0 Å². The Kier molecular flexibility index (Phi) is 12.7. The number of hydrogen-bond acceptors (Lipinski definition) is 3. The van der Waals surface area contributed by atoms with Crippen LogP contribution in [0.1, 0.15) is 31.7 Å². The molecular formula is C20H35IN4O. The van der Waals surface area contributed by atoms with Gasteiger partial charge in [0.2, 0.25) is 0 Å². The van der Waals surface area contributed by atoms with Crippen molar-refractivity contribution in [1.29, 1.82) is 0 Å². The molecule has 5 nitrogen and oxygen atoms in total. The third kappa shape index (κ3) is 11.0. The summed E-state index contributed by atoms with van der Waals surface area (Å²) in [5.41, 5.74) is 1.34. The maximum atomic E-state index is 5.65. The molecule has 1 aliphatic carbocycles. The number of hydrogen-bond donors (Lipinski definition) is 2. The molecule has 0 aliphatic heterocycles. The summed E-state index contributed by atoms with van der Waals surface area (Å²) < 4.78 is 5.65. The van der Waals surface area contributed by atoms with Crippen molar-refractivity contribution in [3.05, 3.63) is 35.9 Å². The molecule has 1 aliphatic rings. The van der Waals surface area contributed by atoms with E-state index < -0.39 is 0 Å². The van der Waals surface area contributed by atoms with Gasteiger partial charge in [0.15, 0.2) is 5.96 Å². The van der Waals surface area contributed by atoms with E-state index in [0.717, 1.165) is 64.2 Å². The van der Waals surface area contributed by atoms with Crippen molar-refractivity contribution < 1.29 is 4.74 Å². The zero-order valence-corrected chi connectivity index (χ0v) is 18.6. The maximum absolute atomic E-state index is 5.65. The predicted octanol–water partition coefficient (Wildman–Crippen LogP) is 3.11. The van der Waals surface area contributed by atoms with E-state index in [-0.39, 0.29) is 24.0 Å². The van der Waals surface area contributed by atoms with Gasteiger partial charge in [-0.2, -0.15) is 0 Å². The lowest BCUT2D eigenvalue weighted by Gasteiger charge is -2.18. The van der Waals surface area contributed by atoms with Crippen molar-refractivity contribution in [2.24, 2.45) is 10.9 Å². The van der Waals surface area contributed by atoms with Gasteiger partial charge in [0.25, 0.3) is 0 Å². The molecule has 0 aromatic heterocycles. The van der Waals surface area contributed by atoms with E-state index in [4.69, 9.17) is 4.74 Å². The smallest absolute Gasteiger partial charge is 0.191 e. The van der Waals surface area contributed by atoms with Crippen LogP contribution in [-0.4, -0.2) is 57.3 Å². The van der Waals surface area contributed by atoms with Crippen LogP contribution in [-0.2, 0) is 11.3 Å². The molecule has 0 spiro atoms. The van der Waals surface area contributed by atoms with Gasteiger partial charge in [0.1, 0.15) is 0 Å². The molecule has 0 radical (unpaired) electrons. The first-order chi connectivity index (χ1) is 12.3. The van der Waals surface area contributed by atoms with E-state index >= 15 is 0 Å². The number of ether oxygens (including phenoxy) is 1. The molecule has 148 valence electrons. The Morgan fingerprint density at radius 3 is 2.69 bits per heavy atom. The Bertz CT molecular complexity index is 494. The first-order valence-corrected chi connectivity index (χ1v) is 9.60. The number of guanidine groups is 1. The fourth-order valence-electron chi connectivity index (χ4n) is 2.57. The van der Waals surface area contributed by atoms with Gasteiger partial charge < -0.3 is 20.3 Å². The highest BCUT2D eigenvalue weighted by Gasteiger charge is 2.20. The first-order valence-electron chi connectivity index (χ1n) is 9.60. The summed E-state index contributed by atoms with van der Waals surface area (Å²) in [6, 6.07) is 10.6. The molecule has 0 saturated heterocycles. The lowest BCUT2D eigenvalue weighted by molar-refractivity contribution is 0.123. The number of nitrogens with one attached hydrogen (secondary N) is 2. The molecular weight excluding hydrogens is 439 g/mol. The molecule has 1 aromatic carbocycles. The average Bonchev–Trinajstić information content (AvgIpc) is 3.43. The van der Waals surface area contributed by atoms with Crippen LogP contribution < -0.4 is 10.6 Å². The Labute approximate surface area is 176 Å². The van der Waals surface area contributed by atoms with Crippen LogP contribution in [0.15, 0.2) is 35.3 Å². The molecule has 1 aromatic rings. The number of nitrogens with zero attached hydrogens (tertiary/aromatic N) is 2. The van der Waals surface area contributed by atoms with Crippen LogP contribution >= 0.6 is 24.0 Å². The molecule has 1 fully saturated rings. The monoisotopic (exact) mass is 474 g/mol. The van der Waals surface area contributed by atoms with Crippen LogP contribution in [0.4, 0.5) is 0 Å². The summed E-state index contributed by atoms with van der Waals surface area (Å²) in [5.74, 6) is 1.74. The minimum absolute atomic E-state index is 0. The van der Waals surface area contributed by atoms with Gasteiger partial charge in [-0.05, 0) is 44.7 Å². The van der Waals surface area contributed by atoms with Crippen LogP contribution in [0.3, 0.4) is 0 Å².